The van der Waals surface area contributed by atoms with Gasteiger partial charge in [-0.1, -0.05) is 18.2 Å². The number of carbonyl (C=O) groups excluding carboxylic acids is 3. The van der Waals surface area contributed by atoms with Gasteiger partial charge in [0.1, 0.15) is 6.04 Å². The second kappa shape index (κ2) is 12.3. The third-order valence-corrected chi connectivity index (χ3v) is 4.73. The summed E-state index contributed by atoms with van der Waals surface area (Å²) in [6, 6.07) is 12.2. The average molecular weight is 447 g/mol. The summed E-state index contributed by atoms with van der Waals surface area (Å²) >= 11 is 1.56. The fourth-order valence-corrected chi connectivity index (χ4v) is 3.13. The van der Waals surface area contributed by atoms with Crippen LogP contribution >= 0.6 is 11.8 Å². The number of carbonyl (C=O) groups is 3. The molecule has 2 aromatic rings. The average Bonchev–Trinajstić information content (AvgIpc) is 2.75. The molecular weight excluding hydrogens is 420 g/mol. The molecule has 0 aromatic heterocycles. The Morgan fingerprint density at radius 3 is 2.35 bits per heavy atom. The predicted molar refractivity (Wildman–Crippen MR) is 122 cm³/mol. The number of primary amides is 1. The van der Waals surface area contributed by atoms with Crippen molar-refractivity contribution in [2.24, 2.45) is 5.73 Å². The van der Waals surface area contributed by atoms with Crippen LogP contribution in [0.1, 0.15) is 6.42 Å². The minimum Gasteiger partial charge on any atom is -0.493 e. The fraction of sp³-hybridized carbons (Fsp3) is 0.286. The quantitative estimate of drug-likeness (QED) is 0.419. The maximum atomic E-state index is 12.5. The van der Waals surface area contributed by atoms with Crippen molar-refractivity contribution in [3.63, 3.8) is 0 Å². The number of nitrogens with one attached hydrogen (secondary N) is 3. The van der Waals surface area contributed by atoms with E-state index in [1.54, 1.807) is 60.3 Å². The third-order valence-electron chi connectivity index (χ3n) is 4.09. The van der Waals surface area contributed by atoms with Gasteiger partial charge in [-0.3, -0.25) is 9.59 Å². The molecule has 10 heteroatoms. The third kappa shape index (κ3) is 8.09. The Hall–Kier alpha value is -3.40. The molecule has 0 aliphatic heterocycles. The number of hydrogen-bond donors (Lipinski definition) is 4. The molecule has 0 aliphatic rings. The van der Waals surface area contributed by atoms with Crippen LogP contribution in [0.3, 0.4) is 0 Å². The molecule has 1 unspecified atom stereocenters. The van der Waals surface area contributed by atoms with Gasteiger partial charge < -0.3 is 31.2 Å². The lowest BCUT2D eigenvalue weighted by atomic mass is 10.2. The minimum atomic E-state index is -0.766. The molecule has 0 saturated heterocycles. The number of urea groups is 1. The Balaban J connectivity index is 1.95. The highest BCUT2D eigenvalue weighted by atomic mass is 32.2. The van der Waals surface area contributed by atoms with E-state index in [1.165, 1.54) is 7.11 Å². The largest absolute Gasteiger partial charge is 0.493 e. The van der Waals surface area contributed by atoms with Crippen molar-refractivity contribution in [1.29, 1.82) is 0 Å². The Bertz CT molecular complexity index is 909. The molecular formula is C21H26N4O5S. The number of thioether (sulfide) groups is 1. The van der Waals surface area contributed by atoms with Crippen LogP contribution in [0.5, 0.6) is 11.5 Å². The number of amides is 4. The highest BCUT2D eigenvalue weighted by molar-refractivity contribution is 7.98. The first-order valence-corrected chi connectivity index (χ1v) is 10.8. The SMILES string of the molecule is COc1ccccc1OCC(=O)Nc1cccc(NC(=O)C(CCSC)NC(N)=O)c1. The van der Waals surface area contributed by atoms with Gasteiger partial charge in [0.2, 0.25) is 5.91 Å². The summed E-state index contributed by atoms with van der Waals surface area (Å²) in [6.07, 6.45) is 2.34. The van der Waals surface area contributed by atoms with Gasteiger partial charge in [0.05, 0.1) is 7.11 Å². The summed E-state index contributed by atoms with van der Waals surface area (Å²) in [4.78, 5) is 35.9. The summed E-state index contributed by atoms with van der Waals surface area (Å²) in [7, 11) is 1.52. The van der Waals surface area contributed by atoms with Crippen LogP contribution in [0.4, 0.5) is 16.2 Å². The van der Waals surface area contributed by atoms with Crippen LogP contribution < -0.4 is 31.2 Å². The van der Waals surface area contributed by atoms with E-state index in [0.717, 1.165) is 0 Å². The number of nitrogens with two attached hydrogens (primary N) is 1. The smallest absolute Gasteiger partial charge is 0.312 e. The lowest BCUT2D eigenvalue weighted by molar-refractivity contribution is -0.118. The summed E-state index contributed by atoms with van der Waals surface area (Å²) in [5.74, 6) is 0.902. The van der Waals surface area contributed by atoms with Gasteiger partial charge in [-0.05, 0) is 48.8 Å². The number of benzene rings is 2. The molecule has 9 nitrogen and oxygen atoms in total. The molecule has 0 heterocycles. The van der Waals surface area contributed by atoms with Crippen molar-refractivity contribution in [3.05, 3.63) is 48.5 Å². The maximum absolute atomic E-state index is 12.5. The van der Waals surface area contributed by atoms with Crippen LogP contribution in [0.2, 0.25) is 0 Å². The number of anilines is 2. The zero-order valence-electron chi connectivity index (χ0n) is 17.3. The predicted octanol–water partition coefficient (Wildman–Crippen LogP) is 2.44. The van der Waals surface area contributed by atoms with E-state index in [9.17, 15) is 14.4 Å². The van der Waals surface area contributed by atoms with Crippen LogP contribution in [-0.4, -0.2) is 49.6 Å². The van der Waals surface area contributed by atoms with Gasteiger partial charge >= 0.3 is 6.03 Å². The molecule has 1 atom stereocenters. The van der Waals surface area contributed by atoms with E-state index in [1.807, 2.05) is 6.26 Å². The Morgan fingerprint density at radius 2 is 1.71 bits per heavy atom. The number of rotatable bonds is 11. The van der Waals surface area contributed by atoms with Crippen LogP contribution in [0, 0.1) is 0 Å². The fourth-order valence-electron chi connectivity index (χ4n) is 2.66. The zero-order chi connectivity index (χ0) is 22.6. The van der Waals surface area contributed by atoms with E-state index in [0.29, 0.717) is 35.0 Å². The van der Waals surface area contributed by atoms with Crippen molar-refractivity contribution in [1.82, 2.24) is 5.32 Å². The summed E-state index contributed by atoms with van der Waals surface area (Å²) in [6.45, 7) is -0.212. The van der Waals surface area contributed by atoms with Gasteiger partial charge in [-0.15, -0.1) is 0 Å². The van der Waals surface area contributed by atoms with E-state index in [-0.39, 0.29) is 12.5 Å². The van der Waals surface area contributed by atoms with Gasteiger partial charge in [-0.2, -0.15) is 11.8 Å². The first kappa shape index (κ1) is 23.9. The topological polar surface area (TPSA) is 132 Å². The second-order valence-electron chi connectivity index (χ2n) is 6.40. The van der Waals surface area contributed by atoms with Gasteiger partial charge in [0.25, 0.3) is 5.91 Å². The lowest BCUT2D eigenvalue weighted by Crippen LogP contribution is -2.46. The standard InChI is InChI=1S/C21H26N4O5S/c1-29-17-8-3-4-9-18(17)30-13-19(26)23-14-6-5-7-15(12-14)24-20(27)16(10-11-31-2)25-21(22)28/h3-9,12,16H,10-11,13H2,1-2H3,(H,23,26)(H,24,27)(H3,22,25,28). The van der Waals surface area contributed by atoms with Crippen molar-refractivity contribution < 1.29 is 23.9 Å². The van der Waals surface area contributed by atoms with Crippen LogP contribution in [0.15, 0.2) is 48.5 Å². The summed E-state index contributed by atoms with van der Waals surface area (Å²) in [5.41, 5.74) is 6.11. The van der Waals surface area contributed by atoms with Crippen LogP contribution in [-0.2, 0) is 9.59 Å². The minimum absolute atomic E-state index is 0.212. The van der Waals surface area contributed by atoms with Crippen molar-refractivity contribution in [2.75, 3.05) is 36.4 Å². The molecule has 5 N–H and O–H groups in total. The van der Waals surface area contributed by atoms with E-state index >= 15 is 0 Å². The molecule has 166 valence electrons. The lowest BCUT2D eigenvalue weighted by Gasteiger charge is -2.17. The monoisotopic (exact) mass is 446 g/mol. The first-order valence-electron chi connectivity index (χ1n) is 9.44. The van der Waals surface area contributed by atoms with Gasteiger partial charge in [0.15, 0.2) is 18.1 Å². The van der Waals surface area contributed by atoms with E-state index in [4.69, 9.17) is 15.2 Å². The number of ether oxygens (including phenoxy) is 2. The summed E-state index contributed by atoms with van der Waals surface area (Å²) in [5, 5.41) is 7.88. The Kier molecular flexibility index (Phi) is 9.50. The highest BCUT2D eigenvalue weighted by Gasteiger charge is 2.19. The summed E-state index contributed by atoms with van der Waals surface area (Å²) < 4.78 is 10.7. The van der Waals surface area contributed by atoms with E-state index < -0.39 is 18.0 Å². The van der Waals surface area contributed by atoms with Crippen molar-refractivity contribution in [2.45, 2.75) is 12.5 Å². The molecule has 0 aliphatic carbocycles. The maximum Gasteiger partial charge on any atom is 0.312 e. The van der Waals surface area contributed by atoms with Gasteiger partial charge in [-0.25, -0.2) is 4.79 Å². The molecule has 4 amide bonds. The van der Waals surface area contributed by atoms with E-state index in [2.05, 4.69) is 16.0 Å². The molecule has 2 aromatic carbocycles. The molecule has 0 spiro atoms. The number of hydrogen-bond acceptors (Lipinski definition) is 6. The molecule has 0 radical (unpaired) electrons. The Morgan fingerprint density at radius 1 is 1.03 bits per heavy atom. The highest BCUT2D eigenvalue weighted by Crippen LogP contribution is 2.25. The first-order chi connectivity index (χ1) is 14.9. The second-order valence-corrected chi connectivity index (χ2v) is 7.39. The van der Waals surface area contributed by atoms with Crippen molar-refractivity contribution in [3.8, 4) is 11.5 Å². The Labute approximate surface area is 185 Å². The normalized spacial score (nSPS) is 11.2. The number of methoxy groups -OCH3 is 1. The van der Waals surface area contributed by atoms with Crippen molar-refractivity contribution >= 4 is 41.0 Å². The molecule has 0 fully saturated rings. The molecule has 31 heavy (non-hydrogen) atoms. The molecule has 0 saturated carbocycles. The zero-order valence-corrected chi connectivity index (χ0v) is 18.2. The van der Waals surface area contributed by atoms with Gasteiger partial charge in [0, 0.05) is 11.4 Å². The molecule has 2 rings (SSSR count). The van der Waals surface area contributed by atoms with Crippen LogP contribution in [0.25, 0.3) is 0 Å². The number of para-hydroxylation sites is 2. The molecule has 0 bridgehead atoms.